The van der Waals surface area contributed by atoms with Crippen molar-refractivity contribution < 1.29 is 18.7 Å². The van der Waals surface area contributed by atoms with Crippen molar-refractivity contribution >= 4 is 11.9 Å². The van der Waals surface area contributed by atoms with Gasteiger partial charge in [-0.1, -0.05) is 12.1 Å². The summed E-state index contributed by atoms with van der Waals surface area (Å²) in [5.74, 6) is 0.0911. The van der Waals surface area contributed by atoms with E-state index in [1.165, 1.54) is 7.11 Å². The second-order valence-electron chi connectivity index (χ2n) is 4.01. The Balaban J connectivity index is 2.37. The van der Waals surface area contributed by atoms with E-state index in [0.717, 1.165) is 5.56 Å². The molecule has 5 heteroatoms. The Labute approximate surface area is 110 Å². The number of methoxy groups -OCH3 is 1. The molecular formula is C14H13NO4. The number of carbonyl (C=O) groups excluding carboxylic acids is 2. The van der Waals surface area contributed by atoms with Gasteiger partial charge in [0.15, 0.2) is 0 Å². The van der Waals surface area contributed by atoms with E-state index < -0.39 is 11.9 Å². The summed E-state index contributed by atoms with van der Waals surface area (Å²) >= 11 is 0. The molecule has 0 aliphatic heterocycles. The smallest absolute Gasteiger partial charge is 0.341 e. The molecule has 1 aromatic heterocycles. The quantitative estimate of drug-likeness (QED) is 0.856. The summed E-state index contributed by atoms with van der Waals surface area (Å²) < 4.78 is 10.2. The Hall–Kier alpha value is -2.56. The van der Waals surface area contributed by atoms with E-state index in [-0.39, 0.29) is 0 Å². The lowest BCUT2D eigenvalue weighted by atomic mass is 10.1. The van der Waals surface area contributed by atoms with Gasteiger partial charge in [0.25, 0.3) is 0 Å². The van der Waals surface area contributed by atoms with E-state index in [9.17, 15) is 9.59 Å². The molecule has 98 valence electrons. The van der Waals surface area contributed by atoms with Crippen molar-refractivity contribution in [3.63, 3.8) is 0 Å². The maximum absolute atomic E-state index is 11.5. The van der Waals surface area contributed by atoms with Crippen LogP contribution in [-0.4, -0.2) is 19.0 Å². The third-order valence-electron chi connectivity index (χ3n) is 2.78. The van der Waals surface area contributed by atoms with Gasteiger partial charge in [-0.25, -0.2) is 4.79 Å². The van der Waals surface area contributed by atoms with Gasteiger partial charge in [0.2, 0.25) is 5.91 Å². The first-order chi connectivity index (χ1) is 9.02. The standard InChI is InChI=1S/C14H13NO4/c1-8-11(14(17)18-2)7-12(19-8)9-3-5-10(6-4-9)13(15)16/h3-7H,1-2H3,(H2,15,16). The highest BCUT2D eigenvalue weighted by Gasteiger charge is 2.16. The molecule has 2 rings (SSSR count). The molecule has 2 aromatic rings. The van der Waals surface area contributed by atoms with Crippen LogP contribution in [0.5, 0.6) is 0 Å². The summed E-state index contributed by atoms with van der Waals surface area (Å²) in [6, 6.07) is 8.24. The van der Waals surface area contributed by atoms with Gasteiger partial charge in [-0.3, -0.25) is 4.79 Å². The minimum Gasteiger partial charge on any atom is -0.465 e. The number of ether oxygens (including phenoxy) is 1. The van der Waals surface area contributed by atoms with Crippen LogP contribution < -0.4 is 5.73 Å². The number of hydrogen-bond donors (Lipinski definition) is 1. The van der Waals surface area contributed by atoms with Crippen molar-refractivity contribution in [2.75, 3.05) is 7.11 Å². The highest BCUT2D eigenvalue weighted by molar-refractivity contribution is 5.94. The van der Waals surface area contributed by atoms with Crippen LogP contribution in [0.25, 0.3) is 11.3 Å². The number of furan rings is 1. The average molecular weight is 259 g/mol. The molecule has 19 heavy (non-hydrogen) atoms. The lowest BCUT2D eigenvalue weighted by Crippen LogP contribution is -2.10. The number of nitrogens with two attached hydrogens (primary N) is 1. The predicted molar refractivity (Wildman–Crippen MR) is 68.7 cm³/mol. The van der Waals surface area contributed by atoms with Crippen LogP contribution in [-0.2, 0) is 4.74 Å². The minimum atomic E-state index is -0.488. The predicted octanol–water partition coefficient (Wildman–Crippen LogP) is 2.14. The van der Waals surface area contributed by atoms with Gasteiger partial charge >= 0.3 is 5.97 Å². The van der Waals surface area contributed by atoms with Gasteiger partial charge in [-0.15, -0.1) is 0 Å². The molecule has 1 heterocycles. The SMILES string of the molecule is COC(=O)c1cc(-c2ccc(C(N)=O)cc2)oc1C. The monoisotopic (exact) mass is 259 g/mol. The van der Waals surface area contributed by atoms with Gasteiger partial charge in [-0.2, -0.15) is 0 Å². The Bertz CT molecular complexity index is 625. The molecule has 0 fully saturated rings. The van der Waals surface area contributed by atoms with E-state index in [2.05, 4.69) is 4.74 Å². The molecule has 0 saturated heterocycles. The van der Waals surface area contributed by atoms with Crippen LogP contribution in [0.4, 0.5) is 0 Å². The molecule has 0 atom stereocenters. The lowest BCUT2D eigenvalue weighted by molar-refractivity contribution is 0.0598. The fourth-order valence-corrected chi connectivity index (χ4v) is 1.74. The fraction of sp³-hybridized carbons (Fsp3) is 0.143. The van der Waals surface area contributed by atoms with Crippen LogP contribution in [0, 0.1) is 6.92 Å². The molecule has 5 nitrogen and oxygen atoms in total. The number of aryl methyl sites for hydroxylation is 1. The second-order valence-corrected chi connectivity index (χ2v) is 4.01. The molecule has 1 amide bonds. The Kier molecular flexibility index (Phi) is 3.37. The van der Waals surface area contributed by atoms with Crippen molar-refractivity contribution in [3.8, 4) is 11.3 Å². The number of carbonyl (C=O) groups is 2. The lowest BCUT2D eigenvalue weighted by Gasteiger charge is -1.98. The van der Waals surface area contributed by atoms with E-state index >= 15 is 0 Å². The first-order valence-corrected chi connectivity index (χ1v) is 5.62. The van der Waals surface area contributed by atoms with Gasteiger partial charge in [-0.05, 0) is 25.1 Å². The van der Waals surface area contributed by atoms with E-state index in [1.807, 2.05) is 0 Å². The number of primary amides is 1. The summed E-state index contributed by atoms with van der Waals surface area (Å²) in [5.41, 5.74) is 6.72. The topological polar surface area (TPSA) is 82.5 Å². The maximum Gasteiger partial charge on any atom is 0.341 e. The Morgan fingerprint density at radius 3 is 2.37 bits per heavy atom. The highest BCUT2D eigenvalue weighted by Crippen LogP contribution is 2.26. The van der Waals surface area contributed by atoms with Crippen molar-refractivity contribution in [2.24, 2.45) is 5.73 Å². The number of amides is 1. The number of hydrogen-bond acceptors (Lipinski definition) is 4. The Morgan fingerprint density at radius 1 is 1.21 bits per heavy atom. The molecule has 1 aromatic carbocycles. The van der Waals surface area contributed by atoms with Gasteiger partial charge in [0.1, 0.15) is 17.1 Å². The number of benzene rings is 1. The van der Waals surface area contributed by atoms with Crippen molar-refractivity contribution in [1.82, 2.24) is 0 Å². The summed E-state index contributed by atoms with van der Waals surface area (Å²) in [6.07, 6.45) is 0. The number of rotatable bonds is 3. The number of esters is 1. The van der Waals surface area contributed by atoms with Gasteiger partial charge < -0.3 is 14.9 Å². The fourth-order valence-electron chi connectivity index (χ4n) is 1.74. The minimum absolute atomic E-state index is 0.386. The molecule has 0 spiro atoms. The summed E-state index contributed by atoms with van der Waals surface area (Å²) in [6.45, 7) is 1.69. The van der Waals surface area contributed by atoms with E-state index in [4.69, 9.17) is 10.2 Å². The molecule has 0 unspecified atom stereocenters. The van der Waals surface area contributed by atoms with Crippen LogP contribution >= 0.6 is 0 Å². The first kappa shape index (κ1) is 12.9. The van der Waals surface area contributed by atoms with Crippen molar-refractivity contribution in [2.45, 2.75) is 6.92 Å². The maximum atomic E-state index is 11.5. The van der Waals surface area contributed by atoms with Crippen LogP contribution in [0.3, 0.4) is 0 Å². The Morgan fingerprint density at radius 2 is 1.84 bits per heavy atom. The summed E-state index contributed by atoms with van der Waals surface area (Å²) in [7, 11) is 1.32. The van der Waals surface area contributed by atoms with Crippen LogP contribution in [0.15, 0.2) is 34.7 Å². The van der Waals surface area contributed by atoms with E-state index in [0.29, 0.717) is 22.6 Å². The summed E-state index contributed by atoms with van der Waals surface area (Å²) in [5, 5.41) is 0. The molecule has 0 aliphatic rings. The molecular weight excluding hydrogens is 246 g/mol. The van der Waals surface area contributed by atoms with Gasteiger partial charge in [0, 0.05) is 11.1 Å². The van der Waals surface area contributed by atoms with Gasteiger partial charge in [0.05, 0.1) is 7.11 Å². The summed E-state index contributed by atoms with van der Waals surface area (Å²) in [4.78, 5) is 22.5. The normalized spacial score (nSPS) is 10.2. The zero-order chi connectivity index (χ0) is 14.0. The molecule has 0 radical (unpaired) electrons. The van der Waals surface area contributed by atoms with E-state index in [1.54, 1.807) is 37.3 Å². The zero-order valence-corrected chi connectivity index (χ0v) is 10.6. The van der Waals surface area contributed by atoms with Crippen molar-refractivity contribution in [1.29, 1.82) is 0 Å². The second kappa shape index (κ2) is 4.97. The first-order valence-electron chi connectivity index (χ1n) is 5.62. The third kappa shape index (κ3) is 2.49. The zero-order valence-electron chi connectivity index (χ0n) is 10.6. The average Bonchev–Trinajstić information content (AvgIpc) is 2.80. The third-order valence-corrected chi connectivity index (χ3v) is 2.78. The van der Waals surface area contributed by atoms with Crippen molar-refractivity contribution in [3.05, 3.63) is 47.2 Å². The largest absolute Gasteiger partial charge is 0.465 e. The molecule has 0 saturated carbocycles. The molecule has 0 bridgehead atoms. The van der Waals surface area contributed by atoms with Crippen LogP contribution in [0.2, 0.25) is 0 Å². The van der Waals surface area contributed by atoms with Crippen LogP contribution in [0.1, 0.15) is 26.5 Å². The molecule has 2 N–H and O–H groups in total. The molecule has 0 aliphatic carbocycles. The highest BCUT2D eigenvalue weighted by atomic mass is 16.5.